The maximum absolute atomic E-state index is 6.05. The van der Waals surface area contributed by atoms with Crippen LogP contribution in [0.5, 0.6) is 0 Å². The van der Waals surface area contributed by atoms with Crippen molar-refractivity contribution in [1.82, 2.24) is 0 Å². The van der Waals surface area contributed by atoms with E-state index in [4.69, 9.17) is 9.47 Å². The molecule has 1 saturated carbocycles. The Hall–Kier alpha value is -1.84. The van der Waals surface area contributed by atoms with Crippen molar-refractivity contribution >= 4 is 0 Å². The van der Waals surface area contributed by atoms with E-state index in [0.29, 0.717) is 25.0 Å². The lowest BCUT2D eigenvalue weighted by atomic mass is 9.70. The van der Waals surface area contributed by atoms with Crippen molar-refractivity contribution in [2.24, 2.45) is 17.3 Å². The zero-order valence-corrected chi connectivity index (χ0v) is 15.9. The van der Waals surface area contributed by atoms with Gasteiger partial charge in [-0.15, -0.1) is 0 Å². The molecular weight excluding hydrogens is 308 g/mol. The first kappa shape index (κ1) is 19.5. The molecule has 0 N–H and O–H groups in total. The quantitative estimate of drug-likeness (QED) is 0.710. The van der Waals surface area contributed by atoms with Crippen LogP contribution in [0.4, 0.5) is 0 Å². The van der Waals surface area contributed by atoms with Gasteiger partial charge >= 0.3 is 0 Å². The molecule has 25 heavy (non-hydrogen) atoms. The molecule has 0 unspecified atom stereocenters. The van der Waals surface area contributed by atoms with Crippen LogP contribution >= 0.6 is 0 Å². The summed E-state index contributed by atoms with van der Waals surface area (Å²) in [6.07, 6.45) is 5.23. The van der Waals surface area contributed by atoms with Crippen molar-refractivity contribution in [2.45, 2.75) is 65.6 Å². The molecule has 0 spiro atoms. The second-order valence-electron chi connectivity index (χ2n) is 7.44. The molecule has 0 bridgehead atoms. The Labute approximate surface area is 153 Å². The molecule has 2 nitrogen and oxygen atoms in total. The summed E-state index contributed by atoms with van der Waals surface area (Å²) < 4.78 is 12.1. The van der Waals surface area contributed by atoms with E-state index in [1.807, 2.05) is 6.92 Å². The lowest BCUT2D eigenvalue weighted by Crippen LogP contribution is -2.44. The third-order valence-corrected chi connectivity index (χ3v) is 4.96. The van der Waals surface area contributed by atoms with Gasteiger partial charge in [-0.2, -0.15) is 0 Å². The van der Waals surface area contributed by atoms with Crippen LogP contribution in [-0.4, -0.2) is 19.0 Å². The van der Waals surface area contributed by atoms with E-state index in [0.717, 1.165) is 32.1 Å². The lowest BCUT2D eigenvalue weighted by molar-refractivity contribution is -0.254. The number of rotatable bonds is 2. The third-order valence-electron chi connectivity index (χ3n) is 4.96. The first-order valence-electron chi connectivity index (χ1n) is 9.16. The molecule has 1 aliphatic carbocycles. The minimum Gasteiger partial charge on any atom is -0.339 e. The average Bonchev–Trinajstić information content (AvgIpc) is 2.60. The highest BCUT2D eigenvalue weighted by atomic mass is 16.7. The molecule has 2 aliphatic rings. The predicted octanol–water partition coefficient (Wildman–Crippen LogP) is 4.01. The van der Waals surface area contributed by atoms with Crippen LogP contribution in [-0.2, 0) is 9.47 Å². The minimum atomic E-state index is -0.784. The molecular formula is C23H28O2. The Balaban J connectivity index is 2.01. The largest absolute Gasteiger partial charge is 0.339 e. The van der Waals surface area contributed by atoms with Crippen LogP contribution in [0, 0.1) is 64.6 Å². The van der Waals surface area contributed by atoms with Crippen LogP contribution in [0.15, 0.2) is 0 Å². The Morgan fingerprint density at radius 3 is 2.00 bits per heavy atom. The summed E-state index contributed by atoms with van der Waals surface area (Å²) >= 11 is 0. The maximum Gasteiger partial charge on any atom is 0.234 e. The van der Waals surface area contributed by atoms with Gasteiger partial charge in [0.1, 0.15) is 0 Å². The van der Waals surface area contributed by atoms with Crippen molar-refractivity contribution in [3.05, 3.63) is 0 Å². The van der Waals surface area contributed by atoms with Gasteiger partial charge in [-0.05, 0) is 82.0 Å². The highest BCUT2D eigenvalue weighted by Gasteiger charge is 2.40. The first-order valence-corrected chi connectivity index (χ1v) is 9.16. The van der Waals surface area contributed by atoms with Gasteiger partial charge < -0.3 is 9.47 Å². The minimum absolute atomic E-state index is 0.0790. The highest BCUT2D eigenvalue weighted by molar-refractivity contribution is 5.29. The molecule has 1 heterocycles. The van der Waals surface area contributed by atoms with E-state index in [2.05, 4.69) is 61.2 Å². The molecule has 132 valence electrons. The van der Waals surface area contributed by atoms with Crippen molar-refractivity contribution in [3.8, 4) is 47.4 Å². The fourth-order valence-corrected chi connectivity index (χ4v) is 3.34. The molecule has 0 aromatic carbocycles. The summed E-state index contributed by atoms with van der Waals surface area (Å²) in [6, 6.07) is 0. The zero-order chi connectivity index (χ0) is 18.2. The van der Waals surface area contributed by atoms with Crippen molar-refractivity contribution in [2.75, 3.05) is 13.2 Å². The molecule has 0 aromatic heterocycles. The van der Waals surface area contributed by atoms with Gasteiger partial charge in [0.15, 0.2) is 0 Å². The fraction of sp³-hybridized carbons (Fsp3) is 0.652. The van der Waals surface area contributed by atoms with E-state index in [1.165, 1.54) is 0 Å². The maximum atomic E-state index is 6.05. The number of hydrogen-bond acceptors (Lipinski definition) is 2. The normalized spacial score (nSPS) is 33.9. The summed E-state index contributed by atoms with van der Waals surface area (Å²) in [5.74, 6) is 23.9. The summed E-state index contributed by atoms with van der Waals surface area (Å²) in [7, 11) is 0. The summed E-state index contributed by atoms with van der Waals surface area (Å²) in [4.78, 5) is 0. The standard InChI is InChI=1S/C23H28O2/c1-5-7-9-13-22(4)15-11-21(12-16-22)17-23(14-10-8-6-2)24-18-20(3)19-25-23/h20-21H,11-12,15-19H2,1-4H3. The molecule has 1 saturated heterocycles. The van der Waals surface area contributed by atoms with Gasteiger partial charge in [-0.25, -0.2) is 0 Å². The van der Waals surface area contributed by atoms with Gasteiger partial charge in [0, 0.05) is 17.8 Å². The second kappa shape index (κ2) is 9.02. The van der Waals surface area contributed by atoms with Crippen molar-refractivity contribution < 1.29 is 9.47 Å². The second-order valence-corrected chi connectivity index (χ2v) is 7.44. The average molecular weight is 336 g/mol. The van der Waals surface area contributed by atoms with Crippen molar-refractivity contribution in [3.63, 3.8) is 0 Å². The molecule has 2 rings (SSSR count). The molecule has 0 aromatic rings. The highest BCUT2D eigenvalue weighted by Crippen LogP contribution is 2.42. The van der Waals surface area contributed by atoms with E-state index < -0.39 is 5.79 Å². The van der Waals surface area contributed by atoms with Gasteiger partial charge in [0.2, 0.25) is 5.79 Å². The predicted molar refractivity (Wildman–Crippen MR) is 101 cm³/mol. The molecule has 0 radical (unpaired) electrons. The van der Waals surface area contributed by atoms with E-state index in [-0.39, 0.29) is 5.41 Å². The molecule has 0 atom stereocenters. The van der Waals surface area contributed by atoms with Crippen LogP contribution in [0.3, 0.4) is 0 Å². The topological polar surface area (TPSA) is 18.5 Å². The Morgan fingerprint density at radius 1 is 0.880 bits per heavy atom. The Bertz CT molecular complexity index is 686. The van der Waals surface area contributed by atoms with Gasteiger partial charge in [0.25, 0.3) is 0 Å². The summed E-state index contributed by atoms with van der Waals surface area (Å²) in [6.45, 7) is 9.38. The smallest absolute Gasteiger partial charge is 0.234 e. The van der Waals surface area contributed by atoms with Gasteiger partial charge in [-0.1, -0.05) is 24.7 Å². The molecule has 1 aliphatic heterocycles. The number of ether oxygens (including phenoxy) is 2. The number of hydrogen-bond donors (Lipinski definition) is 0. The third kappa shape index (κ3) is 5.87. The van der Waals surface area contributed by atoms with E-state index in [1.54, 1.807) is 6.92 Å². The lowest BCUT2D eigenvalue weighted by Gasteiger charge is -2.40. The van der Waals surface area contributed by atoms with Crippen LogP contribution < -0.4 is 0 Å². The fourth-order valence-electron chi connectivity index (χ4n) is 3.34. The Morgan fingerprint density at radius 2 is 1.44 bits per heavy atom. The summed E-state index contributed by atoms with van der Waals surface area (Å²) in [5, 5.41) is 0. The van der Waals surface area contributed by atoms with Gasteiger partial charge in [0.05, 0.1) is 13.2 Å². The monoisotopic (exact) mass is 336 g/mol. The SMILES string of the molecule is CC#CC#CC1(C)CCC(CC2(C#CC#CC)OCC(C)CO2)CC1. The van der Waals surface area contributed by atoms with Crippen LogP contribution in [0.25, 0.3) is 0 Å². The Kier molecular flexibility index (Phi) is 7.03. The van der Waals surface area contributed by atoms with Crippen molar-refractivity contribution in [1.29, 1.82) is 0 Å². The van der Waals surface area contributed by atoms with Crippen LogP contribution in [0.1, 0.15) is 59.8 Å². The summed E-state index contributed by atoms with van der Waals surface area (Å²) in [5.41, 5.74) is 0.0790. The zero-order valence-electron chi connectivity index (χ0n) is 15.9. The first-order chi connectivity index (χ1) is 12.0. The molecule has 2 fully saturated rings. The van der Waals surface area contributed by atoms with Crippen LogP contribution in [0.2, 0.25) is 0 Å². The molecule has 2 heteroatoms. The molecule has 0 amide bonds. The van der Waals surface area contributed by atoms with E-state index >= 15 is 0 Å². The van der Waals surface area contributed by atoms with E-state index in [9.17, 15) is 0 Å². The van der Waals surface area contributed by atoms with Gasteiger partial charge in [-0.3, -0.25) is 0 Å².